The van der Waals surface area contributed by atoms with E-state index in [2.05, 4.69) is 0 Å². The molecule has 0 atom stereocenters. The SMILES string of the molecule is CCOC(=O)Cc1cccc(N)c1-c1ccccc1. The molecule has 0 saturated heterocycles. The first kappa shape index (κ1) is 13.1. The third-order valence-electron chi connectivity index (χ3n) is 2.89. The van der Waals surface area contributed by atoms with Crippen LogP contribution < -0.4 is 5.73 Å². The first-order chi connectivity index (χ1) is 9.22. The Kier molecular flexibility index (Phi) is 4.18. The van der Waals surface area contributed by atoms with E-state index in [1.807, 2.05) is 48.5 Å². The number of benzene rings is 2. The molecule has 0 amide bonds. The molecule has 0 radical (unpaired) electrons. The van der Waals surface area contributed by atoms with E-state index in [0.717, 1.165) is 16.7 Å². The minimum atomic E-state index is -0.231. The van der Waals surface area contributed by atoms with Gasteiger partial charge in [-0.15, -0.1) is 0 Å². The molecule has 0 spiro atoms. The average molecular weight is 255 g/mol. The molecule has 2 aromatic rings. The van der Waals surface area contributed by atoms with Gasteiger partial charge in [0.15, 0.2) is 0 Å². The summed E-state index contributed by atoms with van der Waals surface area (Å²) in [5.41, 5.74) is 9.55. The number of esters is 1. The number of anilines is 1. The van der Waals surface area contributed by atoms with Gasteiger partial charge in [0.25, 0.3) is 0 Å². The van der Waals surface area contributed by atoms with Crippen molar-refractivity contribution in [1.29, 1.82) is 0 Å². The standard InChI is InChI=1S/C16H17NO2/c1-2-19-15(18)11-13-9-6-10-14(17)16(13)12-7-4-3-5-8-12/h3-10H,2,11,17H2,1H3. The highest BCUT2D eigenvalue weighted by atomic mass is 16.5. The van der Waals surface area contributed by atoms with E-state index in [9.17, 15) is 4.79 Å². The predicted molar refractivity (Wildman–Crippen MR) is 76.6 cm³/mol. The summed E-state index contributed by atoms with van der Waals surface area (Å²) in [6.07, 6.45) is 0.239. The van der Waals surface area contributed by atoms with Crippen LogP contribution >= 0.6 is 0 Å². The average Bonchev–Trinajstić information content (AvgIpc) is 2.40. The lowest BCUT2D eigenvalue weighted by Crippen LogP contribution is -2.09. The number of carbonyl (C=O) groups excluding carboxylic acids is 1. The monoisotopic (exact) mass is 255 g/mol. The zero-order valence-electron chi connectivity index (χ0n) is 10.9. The fourth-order valence-corrected chi connectivity index (χ4v) is 2.09. The molecular formula is C16H17NO2. The van der Waals surface area contributed by atoms with Crippen LogP contribution in [0.2, 0.25) is 0 Å². The van der Waals surface area contributed by atoms with E-state index in [0.29, 0.717) is 12.3 Å². The van der Waals surface area contributed by atoms with Gasteiger partial charge in [0, 0.05) is 11.3 Å². The lowest BCUT2D eigenvalue weighted by molar-refractivity contribution is -0.142. The summed E-state index contributed by atoms with van der Waals surface area (Å²) in [5.74, 6) is -0.231. The van der Waals surface area contributed by atoms with E-state index < -0.39 is 0 Å². The third-order valence-corrected chi connectivity index (χ3v) is 2.89. The van der Waals surface area contributed by atoms with Gasteiger partial charge in [-0.3, -0.25) is 4.79 Å². The Bertz CT molecular complexity index is 564. The number of hydrogen-bond donors (Lipinski definition) is 1. The Hall–Kier alpha value is -2.29. The Morgan fingerprint density at radius 3 is 2.53 bits per heavy atom. The van der Waals surface area contributed by atoms with Crippen LogP contribution in [0, 0.1) is 0 Å². The Morgan fingerprint density at radius 1 is 1.11 bits per heavy atom. The van der Waals surface area contributed by atoms with Gasteiger partial charge in [0.2, 0.25) is 0 Å². The van der Waals surface area contributed by atoms with Crippen LogP contribution in [0.1, 0.15) is 12.5 Å². The van der Waals surface area contributed by atoms with Gasteiger partial charge >= 0.3 is 5.97 Å². The highest BCUT2D eigenvalue weighted by Crippen LogP contribution is 2.30. The van der Waals surface area contributed by atoms with Gasteiger partial charge in [0.1, 0.15) is 0 Å². The number of hydrogen-bond acceptors (Lipinski definition) is 3. The van der Waals surface area contributed by atoms with E-state index in [1.165, 1.54) is 0 Å². The van der Waals surface area contributed by atoms with Gasteiger partial charge < -0.3 is 10.5 Å². The number of nitrogen functional groups attached to an aromatic ring is 1. The Morgan fingerprint density at radius 2 is 1.84 bits per heavy atom. The maximum absolute atomic E-state index is 11.6. The van der Waals surface area contributed by atoms with Crippen molar-refractivity contribution in [2.45, 2.75) is 13.3 Å². The fraction of sp³-hybridized carbons (Fsp3) is 0.188. The zero-order chi connectivity index (χ0) is 13.7. The van der Waals surface area contributed by atoms with Crippen molar-refractivity contribution in [3.63, 3.8) is 0 Å². The first-order valence-electron chi connectivity index (χ1n) is 6.30. The zero-order valence-corrected chi connectivity index (χ0v) is 10.9. The molecule has 2 aromatic carbocycles. The molecule has 3 nitrogen and oxygen atoms in total. The van der Waals surface area contributed by atoms with Crippen LogP contribution in [-0.2, 0) is 16.0 Å². The second-order valence-electron chi connectivity index (χ2n) is 4.23. The highest BCUT2D eigenvalue weighted by Gasteiger charge is 2.12. The summed E-state index contributed by atoms with van der Waals surface area (Å²) in [4.78, 5) is 11.6. The maximum Gasteiger partial charge on any atom is 0.310 e. The molecule has 0 aliphatic carbocycles. The van der Waals surface area contributed by atoms with Crippen molar-refractivity contribution in [2.75, 3.05) is 12.3 Å². The van der Waals surface area contributed by atoms with Crippen molar-refractivity contribution in [2.24, 2.45) is 0 Å². The topological polar surface area (TPSA) is 52.3 Å². The van der Waals surface area contributed by atoms with E-state index >= 15 is 0 Å². The second kappa shape index (κ2) is 6.05. The van der Waals surface area contributed by atoms with Gasteiger partial charge in [0.05, 0.1) is 13.0 Å². The molecular weight excluding hydrogens is 238 g/mol. The molecule has 19 heavy (non-hydrogen) atoms. The molecule has 2 N–H and O–H groups in total. The Balaban J connectivity index is 2.39. The van der Waals surface area contributed by atoms with Crippen LogP contribution in [0.15, 0.2) is 48.5 Å². The molecule has 0 saturated carbocycles. The molecule has 0 bridgehead atoms. The van der Waals surface area contributed by atoms with Gasteiger partial charge in [-0.2, -0.15) is 0 Å². The summed E-state index contributed by atoms with van der Waals surface area (Å²) < 4.78 is 5.00. The second-order valence-corrected chi connectivity index (χ2v) is 4.23. The highest BCUT2D eigenvalue weighted by molar-refractivity contribution is 5.84. The van der Waals surface area contributed by atoms with Crippen molar-refractivity contribution < 1.29 is 9.53 Å². The third kappa shape index (κ3) is 3.13. The van der Waals surface area contributed by atoms with E-state index in [1.54, 1.807) is 6.92 Å². The number of nitrogens with two attached hydrogens (primary N) is 1. The summed E-state index contributed by atoms with van der Waals surface area (Å²) in [6, 6.07) is 15.4. The molecule has 0 unspecified atom stereocenters. The van der Waals surface area contributed by atoms with Gasteiger partial charge in [-0.25, -0.2) is 0 Å². The smallest absolute Gasteiger partial charge is 0.310 e. The minimum Gasteiger partial charge on any atom is -0.466 e. The van der Waals surface area contributed by atoms with Crippen LogP contribution in [0.25, 0.3) is 11.1 Å². The summed E-state index contributed by atoms with van der Waals surface area (Å²) in [7, 11) is 0. The summed E-state index contributed by atoms with van der Waals surface area (Å²) in [6.45, 7) is 2.19. The lowest BCUT2D eigenvalue weighted by atomic mass is 9.96. The van der Waals surface area contributed by atoms with Crippen LogP contribution in [-0.4, -0.2) is 12.6 Å². The van der Waals surface area contributed by atoms with Crippen molar-refractivity contribution in [3.05, 3.63) is 54.1 Å². The molecule has 0 heterocycles. The van der Waals surface area contributed by atoms with Crippen molar-refractivity contribution in [1.82, 2.24) is 0 Å². The van der Waals surface area contributed by atoms with E-state index in [4.69, 9.17) is 10.5 Å². The largest absolute Gasteiger partial charge is 0.466 e. The fourth-order valence-electron chi connectivity index (χ4n) is 2.09. The maximum atomic E-state index is 11.6. The molecule has 2 rings (SSSR count). The molecule has 0 aromatic heterocycles. The summed E-state index contributed by atoms with van der Waals surface area (Å²) >= 11 is 0. The van der Waals surface area contributed by atoms with Gasteiger partial charge in [-0.1, -0.05) is 42.5 Å². The van der Waals surface area contributed by atoms with Gasteiger partial charge in [-0.05, 0) is 24.1 Å². The van der Waals surface area contributed by atoms with Crippen molar-refractivity contribution >= 4 is 11.7 Å². The van der Waals surface area contributed by atoms with E-state index in [-0.39, 0.29) is 12.4 Å². The lowest BCUT2D eigenvalue weighted by Gasteiger charge is -2.12. The first-order valence-corrected chi connectivity index (χ1v) is 6.30. The molecule has 0 fully saturated rings. The quantitative estimate of drug-likeness (QED) is 0.675. The molecule has 3 heteroatoms. The Labute approximate surface area is 113 Å². The normalized spacial score (nSPS) is 10.2. The van der Waals surface area contributed by atoms with Crippen LogP contribution in [0.3, 0.4) is 0 Å². The summed E-state index contributed by atoms with van der Waals surface area (Å²) in [5, 5.41) is 0. The molecule has 0 aliphatic rings. The van der Waals surface area contributed by atoms with Crippen LogP contribution in [0.4, 0.5) is 5.69 Å². The number of carbonyl (C=O) groups is 1. The van der Waals surface area contributed by atoms with Crippen LogP contribution in [0.5, 0.6) is 0 Å². The number of rotatable bonds is 4. The number of ether oxygens (including phenoxy) is 1. The van der Waals surface area contributed by atoms with Crippen molar-refractivity contribution in [3.8, 4) is 11.1 Å². The minimum absolute atomic E-state index is 0.231. The molecule has 98 valence electrons. The molecule has 0 aliphatic heterocycles. The predicted octanol–water partition coefficient (Wildman–Crippen LogP) is 3.04.